The van der Waals surface area contributed by atoms with E-state index in [2.05, 4.69) is 22.6 Å². The van der Waals surface area contributed by atoms with E-state index in [0.29, 0.717) is 12.0 Å². The van der Waals surface area contributed by atoms with Crippen molar-refractivity contribution < 1.29 is 9.53 Å². The van der Waals surface area contributed by atoms with E-state index in [1.165, 1.54) is 3.57 Å². The topological polar surface area (TPSA) is 26.3 Å². The molecule has 0 atom stereocenters. The van der Waals surface area contributed by atoms with Crippen molar-refractivity contribution in [3.63, 3.8) is 0 Å². The molecule has 92 valence electrons. The van der Waals surface area contributed by atoms with E-state index in [4.69, 9.17) is 4.74 Å². The van der Waals surface area contributed by atoms with Gasteiger partial charge in [0.1, 0.15) is 5.75 Å². The fraction of sp³-hybridized carbons (Fsp3) is 0.133. The summed E-state index contributed by atoms with van der Waals surface area (Å²) in [7, 11) is 1.61. The van der Waals surface area contributed by atoms with Crippen molar-refractivity contribution in [3.05, 3.63) is 63.2 Å². The van der Waals surface area contributed by atoms with Crippen LogP contribution < -0.4 is 4.74 Å². The normalized spacial score (nSPS) is 10.1. The zero-order valence-corrected chi connectivity index (χ0v) is 12.2. The van der Waals surface area contributed by atoms with Gasteiger partial charge < -0.3 is 4.74 Å². The standard InChI is InChI=1S/C15H13IO2/c1-18-14-8-4-12(5-9-14)15(17)10-11-2-6-13(16)7-3-11/h2-9H,10H2,1H3. The third-order valence-electron chi connectivity index (χ3n) is 2.69. The maximum atomic E-state index is 12.1. The maximum absolute atomic E-state index is 12.1. The second-order valence-corrected chi connectivity index (χ2v) is 5.20. The molecular formula is C15H13IO2. The van der Waals surface area contributed by atoms with E-state index >= 15 is 0 Å². The van der Waals surface area contributed by atoms with Crippen LogP contribution in [0.2, 0.25) is 0 Å². The Morgan fingerprint density at radius 2 is 1.67 bits per heavy atom. The van der Waals surface area contributed by atoms with Gasteiger partial charge in [-0.2, -0.15) is 0 Å². The third-order valence-corrected chi connectivity index (χ3v) is 3.41. The number of halogens is 1. The average Bonchev–Trinajstić information content (AvgIpc) is 2.41. The molecule has 0 aliphatic carbocycles. The summed E-state index contributed by atoms with van der Waals surface area (Å²) in [6, 6.07) is 15.2. The molecule has 0 heterocycles. The van der Waals surface area contributed by atoms with Gasteiger partial charge in [0.15, 0.2) is 5.78 Å². The number of Topliss-reactive ketones (excluding diaryl/α,β-unsaturated/α-hetero) is 1. The molecule has 0 saturated carbocycles. The lowest BCUT2D eigenvalue weighted by Gasteiger charge is -2.03. The highest BCUT2D eigenvalue weighted by Crippen LogP contribution is 2.14. The molecule has 0 aromatic heterocycles. The molecule has 0 aliphatic heterocycles. The van der Waals surface area contributed by atoms with E-state index < -0.39 is 0 Å². The first kappa shape index (κ1) is 13.1. The lowest BCUT2D eigenvalue weighted by Crippen LogP contribution is -2.03. The summed E-state index contributed by atoms with van der Waals surface area (Å²) in [6.45, 7) is 0. The number of hydrogen-bond acceptors (Lipinski definition) is 2. The first-order valence-corrected chi connectivity index (χ1v) is 6.68. The van der Waals surface area contributed by atoms with Crippen LogP contribution in [0.5, 0.6) is 5.75 Å². The highest BCUT2D eigenvalue weighted by molar-refractivity contribution is 14.1. The van der Waals surface area contributed by atoms with Gasteiger partial charge in [-0.05, 0) is 64.6 Å². The number of methoxy groups -OCH3 is 1. The van der Waals surface area contributed by atoms with Gasteiger partial charge in [-0.15, -0.1) is 0 Å². The Bertz CT molecular complexity index is 529. The highest BCUT2D eigenvalue weighted by atomic mass is 127. The van der Waals surface area contributed by atoms with Crippen LogP contribution in [0.15, 0.2) is 48.5 Å². The summed E-state index contributed by atoms with van der Waals surface area (Å²) < 4.78 is 6.24. The molecule has 0 unspecified atom stereocenters. The van der Waals surface area contributed by atoms with Crippen LogP contribution in [0.4, 0.5) is 0 Å². The van der Waals surface area contributed by atoms with E-state index in [-0.39, 0.29) is 5.78 Å². The van der Waals surface area contributed by atoms with Crippen molar-refractivity contribution in [2.75, 3.05) is 7.11 Å². The molecule has 2 aromatic carbocycles. The van der Waals surface area contributed by atoms with Gasteiger partial charge in [-0.3, -0.25) is 4.79 Å². The van der Waals surface area contributed by atoms with Gasteiger partial charge in [0.05, 0.1) is 7.11 Å². The number of carbonyl (C=O) groups is 1. The summed E-state index contributed by atoms with van der Waals surface area (Å²) in [5.74, 6) is 0.889. The predicted octanol–water partition coefficient (Wildman–Crippen LogP) is 3.73. The summed E-state index contributed by atoms with van der Waals surface area (Å²) in [5, 5.41) is 0. The van der Waals surface area contributed by atoms with Gasteiger partial charge in [-0.1, -0.05) is 12.1 Å². The molecule has 2 aromatic rings. The summed E-state index contributed by atoms with van der Waals surface area (Å²) >= 11 is 2.25. The number of benzene rings is 2. The van der Waals surface area contributed by atoms with E-state index in [1.807, 2.05) is 24.3 Å². The molecule has 3 heteroatoms. The first-order chi connectivity index (χ1) is 8.69. The molecule has 0 aliphatic rings. The number of ether oxygens (including phenoxy) is 1. The van der Waals surface area contributed by atoms with Crippen LogP contribution in [0.25, 0.3) is 0 Å². The van der Waals surface area contributed by atoms with Crippen LogP contribution in [0.1, 0.15) is 15.9 Å². The smallest absolute Gasteiger partial charge is 0.167 e. The summed E-state index contributed by atoms with van der Waals surface area (Å²) in [6.07, 6.45) is 0.434. The molecule has 0 amide bonds. The van der Waals surface area contributed by atoms with Crippen LogP contribution in [-0.4, -0.2) is 12.9 Å². The minimum Gasteiger partial charge on any atom is -0.497 e. The third kappa shape index (κ3) is 3.32. The number of carbonyl (C=O) groups excluding carboxylic acids is 1. The van der Waals surface area contributed by atoms with Gasteiger partial charge in [0.2, 0.25) is 0 Å². The monoisotopic (exact) mass is 352 g/mol. The van der Waals surface area contributed by atoms with Crippen molar-refractivity contribution in [3.8, 4) is 5.75 Å². The number of ketones is 1. The molecule has 0 bridgehead atoms. The Kier molecular flexibility index (Phi) is 4.36. The van der Waals surface area contributed by atoms with Crippen molar-refractivity contribution in [2.45, 2.75) is 6.42 Å². The lowest BCUT2D eigenvalue weighted by molar-refractivity contribution is 0.0993. The van der Waals surface area contributed by atoms with Crippen molar-refractivity contribution in [1.29, 1.82) is 0 Å². The minimum absolute atomic E-state index is 0.124. The molecular weight excluding hydrogens is 339 g/mol. The lowest BCUT2D eigenvalue weighted by atomic mass is 10.0. The average molecular weight is 352 g/mol. The van der Waals surface area contributed by atoms with Gasteiger partial charge in [-0.25, -0.2) is 0 Å². The fourth-order valence-electron chi connectivity index (χ4n) is 1.67. The van der Waals surface area contributed by atoms with Crippen LogP contribution in [0.3, 0.4) is 0 Å². The molecule has 0 radical (unpaired) electrons. The predicted molar refractivity (Wildman–Crippen MR) is 80.2 cm³/mol. The number of rotatable bonds is 4. The van der Waals surface area contributed by atoms with E-state index in [0.717, 1.165) is 11.3 Å². The van der Waals surface area contributed by atoms with Gasteiger partial charge in [0, 0.05) is 15.6 Å². The molecule has 0 fully saturated rings. The molecule has 2 rings (SSSR count). The van der Waals surface area contributed by atoms with Gasteiger partial charge in [0.25, 0.3) is 0 Å². The van der Waals surface area contributed by atoms with Crippen molar-refractivity contribution >= 4 is 28.4 Å². The maximum Gasteiger partial charge on any atom is 0.167 e. The summed E-state index contributed by atoms with van der Waals surface area (Å²) in [4.78, 5) is 12.1. The van der Waals surface area contributed by atoms with Crippen molar-refractivity contribution in [1.82, 2.24) is 0 Å². The number of hydrogen-bond donors (Lipinski definition) is 0. The fourth-order valence-corrected chi connectivity index (χ4v) is 2.03. The molecule has 0 spiro atoms. The van der Waals surface area contributed by atoms with E-state index in [1.54, 1.807) is 31.4 Å². The molecule has 0 saturated heterocycles. The highest BCUT2D eigenvalue weighted by Gasteiger charge is 2.07. The van der Waals surface area contributed by atoms with Crippen molar-refractivity contribution in [2.24, 2.45) is 0 Å². The Hall–Kier alpha value is -1.36. The zero-order chi connectivity index (χ0) is 13.0. The molecule has 0 N–H and O–H groups in total. The second kappa shape index (κ2) is 6.00. The summed E-state index contributed by atoms with van der Waals surface area (Å²) in [5.41, 5.74) is 1.76. The Balaban J connectivity index is 2.09. The Morgan fingerprint density at radius 3 is 2.22 bits per heavy atom. The SMILES string of the molecule is COc1ccc(C(=O)Cc2ccc(I)cc2)cc1. The minimum atomic E-state index is 0.124. The zero-order valence-electron chi connectivity index (χ0n) is 10.0. The van der Waals surface area contributed by atoms with Crippen LogP contribution in [0, 0.1) is 3.57 Å². The van der Waals surface area contributed by atoms with E-state index in [9.17, 15) is 4.79 Å². The molecule has 2 nitrogen and oxygen atoms in total. The Morgan fingerprint density at radius 1 is 1.06 bits per heavy atom. The van der Waals surface area contributed by atoms with Gasteiger partial charge >= 0.3 is 0 Å². The first-order valence-electron chi connectivity index (χ1n) is 5.61. The molecule has 18 heavy (non-hydrogen) atoms. The quantitative estimate of drug-likeness (QED) is 0.619. The second-order valence-electron chi connectivity index (χ2n) is 3.95. The van der Waals surface area contributed by atoms with Crippen LogP contribution in [-0.2, 0) is 6.42 Å². The Labute approximate surface area is 120 Å². The largest absolute Gasteiger partial charge is 0.497 e. The van der Waals surface area contributed by atoms with Crippen LogP contribution >= 0.6 is 22.6 Å².